The third kappa shape index (κ3) is 4.41. The number of nitrogens with zero attached hydrogens (tertiary/aromatic N) is 1. The van der Waals surface area contributed by atoms with Crippen molar-refractivity contribution in [2.24, 2.45) is 0 Å². The number of likely N-dealkylation sites (N-methyl/N-ethyl adjacent to an activating group) is 1. The van der Waals surface area contributed by atoms with Crippen LogP contribution in [0.15, 0.2) is 36.4 Å². The van der Waals surface area contributed by atoms with E-state index in [1.54, 1.807) is 4.90 Å². The fourth-order valence-electron chi connectivity index (χ4n) is 1.62. The zero-order chi connectivity index (χ0) is 13.5. The molecule has 0 aliphatic heterocycles. The topological polar surface area (TPSA) is 57.6 Å². The van der Waals surface area contributed by atoms with E-state index in [9.17, 15) is 9.59 Å². The highest BCUT2D eigenvalue weighted by Gasteiger charge is 2.09. The maximum atomic E-state index is 11.7. The smallest absolute Gasteiger partial charge is 0.328 e. The number of amides is 1. The summed E-state index contributed by atoms with van der Waals surface area (Å²) < 4.78 is 0. The molecule has 1 N–H and O–H groups in total. The second kappa shape index (κ2) is 6.59. The van der Waals surface area contributed by atoms with Crippen molar-refractivity contribution >= 4 is 11.9 Å². The van der Waals surface area contributed by atoms with Crippen LogP contribution in [0.5, 0.6) is 0 Å². The number of aliphatic carboxylic acids is 1. The van der Waals surface area contributed by atoms with E-state index >= 15 is 0 Å². The molecule has 4 heteroatoms. The summed E-state index contributed by atoms with van der Waals surface area (Å²) in [5, 5.41) is 8.49. The van der Waals surface area contributed by atoms with Crippen molar-refractivity contribution in [3.63, 3.8) is 0 Å². The van der Waals surface area contributed by atoms with Crippen LogP contribution >= 0.6 is 0 Å². The summed E-state index contributed by atoms with van der Waals surface area (Å²) in [5.41, 5.74) is 2.17. The SMILES string of the molecule is CCN(Cc1cccc(C)c1)C(=O)/C=C/C(=O)O. The number of carboxylic acids is 1. The Morgan fingerprint density at radius 1 is 1.33 bits per heavy atom. The van der Waals surface area contributed by atoms with Gasteiger partial charge in [0, 0.05) is 25.2 Å². The van der Waals surface area contributed by atoms with Gasteiger partial charge in [0.05, 0.1) is 0 Å². The Kier molecular flexibility index (Phi) is 5.11. The van der Waals surface area contributed by atoms with Gasteiger partial charge < -0.3 is 10.0 Å². The Hall–Kier alpha value is -2.10. The van der Waals surface area contributed by atoms with E-state index in [0.717, 1.165) is 23.3 Å². The first kappa shape index (κ1) is 14.0. The van der Waals surface area contributed by atoms with Gasteiger partial charge in [0.1, 0.15) is 0 Å². The minimum absolute atomic E-state index is 0.290. The second-order valence-electron chi connectivity index (χ2n) is 4.01. The standard InChI is InChI=1S/C14H17NO3/c1-3-15(13(16)7-8-14(17)18)10-12-6-4-5-11(2)9-12/h4-9H,3,10H2,1-2H3,(H,17,18)/b8-7+. The molecule has 1 aromatic rings. The first-order chi connectivity index (χ1) is 8.52. The molecule has 0 fully saturated rings. The summed E-state index contributed by atoms with van der Waals surface area (Å²) >= 11 is 0. The van der Waals surface area contributed by atoms with Crippen molar-refractivity contribution in [3.05, 3.63) is 47.5 Å². The fraction of sp³-hybridized carbons (Fsp3) is 0.286. The van der Waals surface area contributed by atoms with Gasteiger partial charge in [-0.15, -0.1) is 0 Å². The van der Waals surface area contributed by atoms with E-state index in [0.29, 0.717) is 13.1 Å². The molecule has 0 unspecified atom stereocenters. The third-order valence-corrected chi connectivity index (χ3v) is 2.52. The second-order valence-corrected chi connectivity index (χ2v) is 4.01. The van der Waals surface area contributed by atoms with Gasteiger partial charge in [0.15, 0.2) is 0 Å². The summed E-state index contributed by atoms with van der Waals surface area (Å²) in [6.07, 6.45) is 1.95. The molecule has 0 spiro atoms. The van der Waals surface area contributed by atoms with Crippen LogP contribution in [0.4, 0.5) is 0 Å². The predicted octanol–water partition coefficient (Wildman–Crippen LogP) is 1.98. The minimum Gasteiger partial charge on any atom is -0.478 e. The molecular weight excluding hydrogens is 230 g/mol. The van der Waals surface area contributed by atoms with Gasteiger partial charge in [-0.2, -0.15) is 0 Å². The number of rotatable bonds is 5. The number of carboxylic acid groups (broad SMARTS) is 1. The Labute approximate surface area is 107 Å². The molecule has 0 radical (unpaired) electrons. The van der Waals surface area contributed by atoms with E-state index in [1.165, 1.54) is 0 Å². The first-order valence-electron chi connectivity index (χ1n) is 5.78. The van der Waals surface area contributed by atoms with Gasteiger partial charge in [-0.25, -0.2) is 4.79 Å². The fourth-order valence-corrected chi connectivity index (χ4v) is 1.62. The minimum atomic E-state index is -1.12. The lowest BCUT2D eigenvalue weighted by Gasteiger charge is -2.19. The normalized spacial score (nSPS) is 10.6. The van der Waals surface area contributed by atoms with Crippen LogP contribution in [0.2, 0.25) is 0 Å². The monoisotopic (exact) mass is 247 g/mol. The van der Waals surface area contributed by atoms with Gasteiger partial charge in [-0.3, -0.25) is 4.79 Å². The van der Waals surface area contributed by atoms with Crippen molar-refractivity contribution in [3.8, 4) is 0 Å². The molecular formula is C14H17NO3. The summed E-state index contributed by atoms with van der Waals surface area (Å²) in [4.78, 5) is 23.7. The summed E-state index contributed by atoms with van der Waals surface area (Å²) in [6, 6.07) is 7.89. The Balaban J connectivity index is 2.73. The number of carbonyl (C=O) groups excluding carboxylic acids is 1. The molecule has 0 bridgehead atoms. The molecule has 1 amide bonds. The van der Waals surface area contributed by atoms with Gasteiger partial charge >= 0.3 is 5.97 Å². The highest BCUT2D eigenvalue weighted by Crippen LogP contribution is 2.08. The molecule has 1 aromatic carbocycles. The van der Waals surface area contributed by atoms with Gasteiger partial charge in [0.25, 0.3) is 0 Å². The number of aryl methyl sites for hydroxylation is 1. The lowest BCUT2D eigenvalue weighted by atomic mass is 10.1. The van der Waals surface area contributed by atoms with Gasteiger partial charge in [-0.05, 0) is 19.4 Å². The molecule has 1 rings (SSSR count). The lowest BCUT2D eigenvalue weighted by molar-refractivity contribution is -0.132. The average Bonchev–Trinajstić information content (AvgIpc) is 2.33. The van der Waals surface area contributed by atoms with Crippen LogP contribution in [0.1, 0.15) is 18.1 Å². The van der Waals surface area contributed by atoms with Gasteiger partial charge in [0.2, 0.25) is 5.91 Å². The number of hydrogen-bond acceptors (Lipinski definition) is 2. The highest BCUT2D eigenvalue weighted by atomic mass is 16.4. The van der Waals surface area contributed by atoms with Crippen LogP contribution in [0.3, 0.4) is 0 Å². The molecule has 0 heterocycles. The van der Waals surface area contributed by atoms with Crippen molar-refractivity contribution in [1.82, 2.24) is 4.90 Å². The van der Waals surface area contributed by atoms with Crippen LogP contribution in [0, 0.1) is 6.92 Å². The molecule has 0 saturated heterocycles. The van der Waals surface area contributed by atoms with Gasteiger partial charge in [-0.1, -0.05) is 29.8 Å². The van der Waals surface area contributed by atoms with E-state index in [1.807, 2.05) is 38.1 Å². The Bertz CT molecular complexity index is 466. The van der Waals surface area contributed by atoms with E-state index < -0.39 is 5.97 Å². The Morgan fingerprint density at radius 2 is 2.06 bits per heavy atom. The van der Waals surface area contributed by atoms with Crippen LogP contribution in [-0.4, -0.2) is 28.4 Å². The van der Waals surface area contributed by atoms with Crippen LogP contribution in [0.25, 0.3) is 0 Å². The molecule has 0 aliphatic carbocycles. The van der Waals surface area contributed by atoms with Crippen molar-refractivity contribution in [2.45, 2.75) is 20.4 Å². The zero-order valence-corrected chi connectivity index (χ0v) is 10.6. The average molecular weight is 247 g/mol. The van der Waals surface area contributed by atoms with Crippen molar-refractivity contribution in [2.75, 3.05) is 6.54 Å². The summed E-state index contributed by atoms with van der Waals surface area (Å²) in [6.45, 7) is 4.88. The maximum absolute atomic E-state index is 11.7. The molecule has 0 aromatic heterocycles. The maximum Gasteiger partial charge on any atom is 0.328 e. The lowest BCUT2D eigenvalue weighted by Crippen LogP contribution is -2.28. The van der Waals surface area contributed by atoms with E-state index in [2.05, 4.69) is 0 Å². The van der Waals surface area contributed by atoms with Crippen LogP contribution < -0.4 is 0 Å². The molecule has 18 heavy (non-hydrogen) atoms. The molecule has 0 atom stereocenters. The zero-order valence-electron chi connectivity index (χ0n) is 10.6. The first-order valence-corrected chi connectivity index (χ1v) is 5.78. The van der Waals surface area contributed by atoms with Crippen molar-refractivity contribution < 1.29 is 14.7 Å². The number of benzene rings is 1. The van der Waals surface area contributed by atoms with E-state index in [-0.39, 0.29) is 5.91 Å². The molecule has 0 aliphatic rings. The molecule has 0 saturated carbocycles. The molecule has 4 nitrogen and oxygen atoms in total. The molecule has 96 valence electrons. The number of hydrogen-bond donors (Lipinski definition) is 1. The third-order valence-electron chi connectivity index (χ3n) is 2.52. The summed E-state index contributed by atoms with van der Waals surface area (Å²) in [7, 11) is 0. The largest absolute Gasteiger partial charge is 0.478 e. The van der Waals surface area contributed by atoms with Crippen LogP contribution in [-0.2, 0) is 16.1 Å². The quantitative estimate of drug-likeness (QED) is 0.809. The highest BCUT2D eigenvalue weighted by molar-refractivity contribution is 5.93. The van der Waals surface area contributed by atoms with E-state index in [4.69, 9.17) is 5.11 Å². The van der Waals surface area contributed by atoms with Crippen molar-refractivity contribution in [1.29, 1.82) is 0 Å². The predicted molar refractivity (Wildman–Crippen MR) is 69.0 cm³/mol. The summed E-state index contributed by atoms with van der Waals surface area (Å²) in [5.74, 6) is -1.41. The number of carbonyl (C=O) groups is 2. The Morgan fingerprint density at radius 3 is 2.61 bits per heavy atom.